The third-order valence-electron chi connectivity index (χ3n) is 5.56. The van der Waals surface area contributed by atoms with Crippen molar-refractivity contribution in [1.29, 1.82) is 0 Å². The number of hydrogen-bond donors (Lipinski definition) is 0. The van der Waals surface area contributed by atoms with Gasteiger partial charge in [-0.25, -0.2) is 9.37 Å². The van der Waals surface area contributed by atoms with Gasteiger partial charge in [0.1, 0.15) is 5.82 Å². The van der Waals surface area contributed by atoms with E-state index in [1.807, 2.05) is 24.3 Å². The summed E-state index contributed by atoms with van der Waals surface area (Å²) in [6, 6.07) is 15.0. The van der Waals surface area contributed by atoms with E-state index in [-0.39, 0.29) is 5.82 Å². The molecule has 0 spiro atoms. The van der Waals surface area contributed by atoms with Gasteiger partial charge in [0.05, 0.1) is 16.7 Å². The van der Waals surface area contributed by atoms with Gasteiger partial charge < -0.3 is 9.47 Å². The molecule has 0 atom stereocenters. The fraction of sp³-hybridized carbons (Fsp3) is 0.318. The molecule has 0 unspecified atom stereocenters. The Morgan fingerprint density at radius 2 is 1.70 bits per heavy atom. The third-order valence-corrected chi connectivity index (χ3v) is 5.56. The van der Waals surface area contributed by atoms with Crippen LogP contribution in [0.1, 0.15) is 19.3 Å². The summed E-state index contributed by atoms with van der Waals surface area (Å²) in [5, 5.41) is 0. The topological polar surface area (TPSA) is 25.5 Å². The van der Waals surface area contributed by atoms with Gasteiger partial charge in [-0.15, -0.1) is 0 Å². The van der Waals surface area contributed by atoms with Crippen LogP contribution in [0.5, 0.6) is 0 Å². The van der Waals surface area contributed by atoms with Crippen molar-refractivity contribution in [2.24, 2.45) is 0 Å². The van der Waals surface area contributed by atoms with Crippen LogP contribution in [0.4, 0.5) is 4.39 Å². The first-order valence-corrected chi connectivity index (χ1v) is 9.74. The number of likely N-dealkylation sites (tertiary alicyclic amines) is 1. The van der Waals surface area contributed by atoms with E-state index in [0.717, 1.165) is 47.6 Å². The molecule has 0 N–H and O–H groups in total. The third kappa shape index (κ3) is 3.02. The van der Waals surface area contributed by atoms with E-state index in [1.54, 1.807) is 0 Å². The van der Waals surface area contributed by atoms with E-state index in [4.69, 9.17) is 4.98 Å². The smallest absolute Gasteiger partial charge is 0.215 e. The van der Waals surface area contributed by atoms with Crippen LogP contribution in [-0.2, 0) is 6.54 Å². The highest BCUT2D eigenvalue weighted by atomic mass is 19.1. The number of nitrogens with zero attached hydrogens (tertiary/aromatic N) is 4. The van der Waals surface area contributed by atoms with Crippen LogP contribution >= 0.6 is 0 Å². The van der Waals surface area contributed by atoms with Crippen molar-refractivity contribution in [3.05, 3.63) is 60.5 Å². The van der Waals surface area contributed by atoms with E-state index >= 15 is 0 Å². The first kappa shape index (κ1) is 16.5. The van der Waals surface area contributed by atoms with Crippen molar-refractivity contribution in [2.45, 2.75) is 25.8 Å². The predicted molar refractivity (Wildman–Crippen MR) is 106 cm³/mol. The van der Waals surface area contributed by atoms with E-state index < -0.39 is 0 Å². The van der Waals surface area contributed by atoms with Gasteiger partial charge in [-0.1, -0.05) is 12.1 Å². The van der Waals surface area contributed by atoms with E-state index in [1.165, 1.54) is 38.1 Å². The minimum Gasteiger partial charge on any atom is -0.310 e. The number of aryl methyl sites for hydroxylation is 1. The molecule has 3 heterocycles. The van der Waals surface area contributed by atoms with Crippen LogP contribution in [-0.4, -0.2) is 38.5 Å². The lowest BCUT2D eigenvalue weighted by Gasteiger charge is -2.15. The first-order chi connectivity index (χ1) is 13.3. The summed E-state index contributed by atoms with van der Waals surface area (Å²) in [4.78, 5) is 7.41. The van der Waals surface area contributed by atoms with Crippen LogP contribution in [0.15, 0.2) is 54.7 Å². The molecule has 2 aromatic carbocycles. The maximum atomic E-state index is 13.4. The van der Waals surface area contributed by atoms with E-state index in [9.17, 15) is 4.39 Å². The second kappa shape index (κ2) is 6.82. The molecule has 1 fully saturated rings. The molecule has 0 radical (unpaired) electrons. The molecular weight excluding hydrogens is 339 g/mol. The van der Waals surface area contributed by atoms with E-state index in [0.29, 0.717) is 0 Å². The highest BCUT2D eigenvalue weighted by Crippen LogP contribution is 2.27. The monoisotopic (exact) mass is 362 g/mol. The van der Waals surface area contributed by atoms with Gasteiger partial charge in [-0.05, 0) is 80.9 Å². The molecule has 4 nitrogen and oxygen atoms in total. The number of halogens is 1. The van der Waals surface area contributed by atoms with Crippen LogP contribution in [0.25, 0.3) is 28.1 Å². The SMILES string of the molecule is Fc1ccc(-c2cn3c4ccccc4nc3n2CCCN2CCCC2)cc1. The lowest BCUT2D eigenvalue weighted by atomic mass is 10.1. The Bertz CT molecular complexity index is 1070. The molecule has 1 aliphatic rings. The Labute approximate surface area is 157 Å². The van der Waals surface area contributed by atoms with Crippen LogP contribution in [0, 0.1) is 5.82 Å². The Hall–Kier alpha value is -2.66. The zero-order chi connectivity index (χ0) is 18.2. The molecule has 0 amide bonds. The fourth-order valence-corrected chi connectivity index (χ4v) is 4.18. The number of para-hydroxylation sites is 2. The normalized spacial score (nSPS) is 15.3. The second-order valence-electron chi connectivity index (χ2n) is 7.35. The molecule has 0 aliphatic carbocycles. The fourth-order valence-electron chi connectivity index (χ4n) is 4.18. The summed E-state index contributed by atoms with van der Waals surface area (Å²) in [7, 11) is 0. The molecular formula is C22H23FN4. The Balaban J connectivity index is 1.55. The summed E-state index contributed by atoms with van der Waals surface area (Å²) in [6.45, 7) is 4.47. The van der Waals surface area contributed by atoms with Gasteiger partial charge in [0, 0.05) is 12.7 Å². The number of imidazole rings is 2. The van der Waals surface area contributed by atoms with Gasteiger partial charge in [0.15, 0.2) is 0 Å². The van der Waals surface area contributed by atoms with Crippen molar-refractivity contribution in [2.75, 3.05) is 19.6 Å². The predicted octanol–water partition coefficient (Wildman–Crippen LogP) is 4.58. The van der Waals surface area contributed by atoms with Crippen molar-refractivity contribution in [1.82, 2.24) is 18.9 Å². The molecule has 1 aliphatic heterocycles. The van der Waals surface area contributed by atoms with Crippen molar-refractivity contribution in [3.63, 3.8) is 0 Å². The van der Waals surface area contributed by atoms with Gasteiger partial charge in [-0.2, -0.15) is 0 Å². The molecule has 0 saturated carbocycles. The summed E-state index contributed by atoms with van der Waals surface area (Å²) in [6.07, 6.45) is 5.86. The minimum absolute atomic E-state index is 0.207. The highest BCUT2D eigenvalue weighted by molar-refractivity contribution is 5.81. The van der Waals surface area contributed by atoms with Crippen molar-refractivity contribution < 1.29 is 4.39 Å². The average molecular weight is 362 g/mol. The summed E-state index contributed by atoms with van der Waals surface area (Å²) in [5.74, 6) is 0.748. The molecule has 138 valence electrons. The Morgan fingerprint density at radius 1 is 0.926 bits per heavy atom. The minimum atomic E-state index is -0.207. The first-order valence-electron chi connectivity index (χ1n) is 9.74. The van der Waals surface area contributed by atoms with Gasteiger partial charge in [-0.3, -0.25) is 4.40 Å². The lowest BCUT2D eigenvalue weighted by molar-refractivity contribution is 0.326. The quantitative estimate of drug-likeness (QED) is 0.519. The highest BCUT2D eigenvalue weighted by Gasteiger charge is 2.16. The molecule has 5 rings (SSSR count). The molecule has 27 heavy (non-hydrogen) atoms. The summed E-state index contributed by atoms with van der Waals surface area (Å²) < 4.78 is 17.8. The zero-order valence-electron chi connectivity index (χ0n) is 15.3. The maximum Gasteiger partial charge on any atom is 0.215 e. The average Bonchev–Trinajstić information content (AvgIpc) is 3.39. The second-order valence-corrected chi connectivity index (χ2v) is 7.35. The maximum absolute atomic E-state index is 13.4. The van der Waals surface area contributed by atoms with E-state index in [2.05, 4.69) is 32.2 Å². The van der Waals surface area contributed by atoms with Crippen LogP contribution < -0.4 is 0 Å². The molecule has 2 aromatic heterocycles. The summed E-state index contributed by atoms with van der Waals surface area (Å²) in [5.41, 5.74) is 4.22. The number of hydrogen-bond acceptors (Lipinski definition) is 2. The van der Waals surface area contributed by atoms with Gasteiger partial charge in [0.2, 0.25) is 5.78 Å². The number of fused-ring (bicyclic) bond motifs is 3. The van der Waals surface area contributed by atoms with Crippen LogP contribution in [0.2, 0.25) is 0 Å². The van der Waals surface area contributed by atoms with Gasteiger partial charge in [0.25, 0.3) is 0 Å². The number of rotatable bonds is 5. The van der Waals surface area contributed by atoms with Gasteiger partial charge >= 0.3 is 0 Å². The standard InChI is InChI=1S/C22H23FN4/c23-18-10-8-17(9-11-18)21-16-27-20-7-2-1-6-19(20)24-22(27)26(21)15-5-14-25-12-3-4-13-25/h1-2,6-11,16H,3-5,12-15H2. The Morgan fingerprint density at radius 3 is 2.52 bits per heavy atom. The van der Waals surface area contributed by atoms with Crippen molar-refractivity contribution >= 4 is 16.8 Å². The molecule has 0 bridgehead atoms. The zero-order valence-corrected chi connectivity index (χ0v) is 15.3. The number of aromatic nitrogens is 3. The summed E-state index contributed by atoms with van der Waals surface area (Å²) >= 11 is 0. The molecule has 1 saturated heterocycles. The largest absolute Gasteiger partial charge is 0.310 e. The van der Waals surface area contributed by atoms with Crippen LogP contribution in [0.3, 0.4) is 0 Å². The lowest BCUT2D eigenvalue weighted by Crippen LogP contribution is -2.21. The number of benzene rings is 2. The molecule has 5 heteroatoms. The molecule has 4 aromatic rings. The van der Waals surface area contributed by atoms with Crippen molar-refractivity contribution in [3.8, 4) is 11.3 Å². The Kier molecular flexibility index (Phi) is 4.17.